The van der Waals surface area contributed by atoms with Gasteiger partial charge in [-0.25, -0.2) is 0 Å². The highest BCUT2D eigenvalue weighted by molar-refractivity contribution is 5.80. The average molecular weight is 325 g/mol. The van der Waals surface area contributed by atoms with Gasteiger partial charge >= 0.3 is 0 Å². The van der Waals surface area contributed by atoms with E-state index in [1.807, 2.05) is 0 Å². The number of rotatable bonds is 5. The highest BCUT2D eigenvalue weighted by Gasteiger charge is 2.22. The van der Waals surface area contributed by atoms with Crippen LogP contribution in [0.15, 0.2) is 4.99 Å². The maximum Gasteiger partial charge on any atom is 0.194 e. The summed E-state index contributed by atoms with van der Waals surface area (Å²) in [4.78, 5) is 9.83. The zero-order valence-corrected chi connectivity index (χ0v) is 15.6. The predicted molar refractivity (Wildman–Crippen MR) is 97.0 cm³/mol. The molecule has 2 fully saturated rings. The van der Waals surface area contributed by atoms with Crippen molar-refractivity contribution in [2.75, 3.05) is 52.4 Å². The molecule has 2 unspecified atom stereocenters. The Balaban J connectivity index is 1.88. The Labute approximate surface area is 142 Å². The van der Waals surface area contributed by atoms with Gasteiger partial charge in [0, 0.05) is 39.3 Å². The number of piperidine rings is 1. The molecule has 2 heterocycles. The Morgan fingerprint density at radius 3 is 2.83 bits per heavy atom. The van der Waals surface area contributed by atoms with Gasteiger partial charge in [-0.1, -0.05) is 20.8 Å². The van der Waals surface area contributed by atoms with E-state index in [-0.39, 0.29) is 6.10 Å². The van der Waals surface area contributed by atoms with Crippen LogP contribution in [0.2, 0.25) is 0 Å². The third-order valence-electron chi connectivity index (χ3n) is 4.58. The van der Waals surface area contributed by atoms with E-state index in [4.69, 9.17) is 9.73 Å². The highest BCUT2D eigenvalue weighted by Crippen LogP contribution is 2.16. The van der Waals surface area contributed by atoms with Crippen molar-refractivity contribution in [2.45, 2.75) is 46.6 Å². The van der Waals surface area contributed by atoms with Crippen molar-refractivity contribution in [3.8, 4) is 0 Å². The minimum atomic E-state index is 0.235. The Bertz CT molecular complexity index is 372. The molecule has 0 amide bonds. The topological polar surface area (TPSA) is 40.1 Å². The molecule has 0 bridgehead atoms. The van der Waals surface area contributed by atoms with Gasteiger partial charge in [-0.3, -0.25) is 9.89 Å². The lowest BCUT2D eigenvalue weighted by molar-refractivity contribution is -0.0262. The summed E-state index contributed by atoms with van der Waals surface area (Å²) >= 11 is 0. The monoisotopic (exact) mass is 324 g/mol. The second-order valence-corrected chi connectivity index (χ2v) is 7.53. The molecule has 1 N–H and O–H groups in total. The van der Waals surface area contributed by atoms with Gasteiger partial charge in [0.1, 0.15) is 0 Å². The molecule has 0 radical (unpaired) electrons. The Kier molecular flexibility index (Phi) is 7.63. The van der Waals surface area contributed by atoms with Crippen LogP contribution in [-0.4, -0.2) is 74.3 Å². The summed E-state index contributed by atoms with van der Waals surface area (Å²) in [6.07, 6.45) is 2.85. The number of hydrogen-bond donors (Lipinski definition) is 1. The number of aliphatic imine (C=N–C) groups is 1. The molecule has 2 atom stereocenters. The van der Waals surface area contributed by atoms with E-state index < -0.39 is 0 Å². The van der Waals surface area contributed by atoms with E-state index in [2.05, 4.69) is 42.8 Å². The number of likely N-dealkylation sites (tertiary alicyclic amines) is 1. The van der Waals surface area contributed by atoms with Crippen molar-refractivity contribution < 1.29 is 4.74 Å². The first-order valence-corrected chi connectivity index (χ1v) is 9.45. The second-order valence-electron chi connectivity index (χ2n) is 7.53. The van der Waals surface area contributed by atoms with Crippen molar-refractivity contribution in [1.82, 2.24) is 15.1 Å². The van der Waals surface area contributed by atoms with Crippen LogP contribution in [0.4, 0.5) is 0 Å². The number of hydrogen-bond acceptors (Lipinski definition) is 3. The minimum absolute atomic E-state index is 0.235. The summed E-state index contributed by atoms with van der Waals surface area (Å²) in [5.74, 6) is 2.55. The molecule has 5 heteroatoms. The predicted octanol–water partition coefficient (Wildman–Crippen LogP) is 2.04. The highest BCUT2D eigenvalue weighted by atomic mass is 16.5. The molecule has 134 valence electrons. The lowest BCUT2D eigenvalue weighted by Gasteiger charge is -2.35. The van der Waals surface area contributed by atoms with Gasteiger partial charge < -0.3 is 15.0 Å². The van der Waals surface area contributed by atoms with Gasteiger partial charge in [-0.15, -0.1) is 0 Å². The summed E-state index contributed by atoms with van der Waals surface area (Å²) in [7, 11) is 0. The Morgan fingerprint density at radius 2 is 2.13 bits per heavy atom. The van der Waals surface area contributed by atoms with E-state index in [0.29, 0.717) is 5.92 Å². The molecule has 2 aliphatic rings. The van der Waals surface area contributed by atoms with Crippen LogP contribution >= 0.6 is 0 Å². The number of morpholine rings is 1. The summed E-state index contributed by atoms with van der Waals surface area (Å²) in [5.41, 5.74) is 0. The van der Waals surface area contributed by atoms with Crippen molar-refractivity contribution in [2.24, 2.45) is 16.8 Å². The van der Waals surface area contributed by atoms with E-state index in [1.54, 1.807) is 0 Å². The zero-order valence-electron chi connectivity index (χ0n) is 15.6. The van der Waals surface area contributed by atoms with E-state index >= 15 is 0 Å². The normalized spacial score (nSPS) is 27.5. The molecule has 0 saturated carbocycles. The quantitative estimate of drug-likeness (QED) is 0.621. The van der Waals surface area contributed by atoms with Gasteiger partial charge in [0.15, 0.2) is 5.96 Å². The fourth-order valence-corrected chi connectivity index (χ4v) is 3.57. The van der Waals surface area contributed by atoms with E-state index in [0.717, 1.165) is 64.3 Å². The molecular formula is C18H36N4O. The zero-order chi connectivity index (χ0) is 16.7. The molecule has 0 aliphatic carbocycles. The van der Waals surface area contributed by atoms with Crippen molar-refractivity contribution in [1.29, 1.82) is 0 Å². The first-order chi connectivity index (χ1) is 11.1. The molecule has 2 aliphatic heterocycles. The smallest absolute Gasteiger partial charge is 0.194 e. The maximum absolute atomic E-state index is 5.93. The van der Waals surface area contributed by atoms with Gasteiger partial charge in [-0.2, -0.15) is 0 Å². The van der Waals surface area contributed by atoms with Gasteiger partial charge in [-0.05, 0) is 31.6 Å². The van der Waals surface area contributed by atoms with Crippen molar-refractivity contribution in [3.63, 3.8) is 0 Å². The van der Waals surface area contributed by atoms with Crippen molar-refractivity contribution in [3.05, 3.63) is 0 Å². The van der Waals surface area contributed by atoms with Gasteiger partial charge in [0.05, 0.1) is 19.3 Å². The first kappa shape index (κ1) is 18.5. The minimum Gasteiger partial charge on any atom is -0.374 e. The first-order valence-electron chi connectivity index (χ1n) is 9.45. The summed E-state index contributed by atoms with van der Waals surface area (Å²) in [5, 5.41) is 3.46. The molecule has 0 aromatic heterocycles. The molecule has 23 heavy (non-hydrogen) atoms. The third-order valence-corrected chi connectivity index (χ3v) is 4.58. The number of guanidine groups is 1. The van der Waals surface area contributed by atoms with Gasteiger partial charge in [0.25, 0.3) is 0 Å². The SMILES string of the molecule is CCNC(=NCC1CN(CC(C)C)CCO1)N1CCCC(C)C1. The van der Waals surface area contributed by atoms with Crippen LogP contribution in [0.3, 0.4) is 0 Å². The molecule has 0 aromatic carbocycles. The third kappa shape index (κ3) is 6.30. The molecule has 5 nitrogen and oxygen atoms in total. The van der Waals surface area contributed by atoms with Crippen LogP contribution in [0, 0.1) is 11.8 Å². The Hall–Kier alpha value is -0.810. The van der Waals surface area contributed by atoms with Crippen LogP contribution in [0.1, 0.15) is 40.5 Å². The molecule has 0 spiro atoms. The van der Waals surface area contributed by atoms with Crippen LogP contribution in [-0.2, 0) is 4.74 Å². The van der Waals surface area contributed by atoms with E-state index in [1.165, 1.54) is 12.8 Å². The largest absolute Gasteiger partial charge is 0.374 e. The van der Waals surface area contributed by atoms with Crippen molar-refractivity contribution >= 4 is 5.96 Å². The molecular weight excluding hydrogens is 288 g/mol. The molecule has 2 saturated heterocycles. The number of ether oxygens (including phenoxy) is 1. The Morgan fingerprint density at radius 1 is 1.30 bits per heavy atom. The average Bonchev–Trinajstić information content (AvgIpc) is 2.51. The summed E-state index contributed by atoms with van der Waals surface area (Å²) in [6, 6.07) is 0. The molecule has 0 aromatic rings. The van der Waals surface area contributed by atoms with Crippen LogP contribution in [0.25, 0.3) is 0 Å². The molecule has 2 rings (SSSR count). The fraction of sp³-hybridized carbons (Fsp3) is 0.944. The number of nitrogens with one attached hydrogen (secondary N) is 1. The lowest BCUT2D eigenvalue weighted by Crippen LogP contribution is -2.48. The summed E-state index contributed by atoms with van der Waals surface area (Å²) < 4.78 is 5.93. The maximum atomic E-state index is 5.93. The van der Waals surface area contributed by atoms with Crippen LogP contribution < -0.4 is 5.32 Å². The van der Waals surface area contributed by atoms with Gasteiger partial charge in [0.2, 0.25) is 0 Å². The lowest BCUT2D eigenvalue weighted by atomic mass is 10.0. The standard InChI is InChI=1S/C18H36N4O/c1-5-19-18(22-8-6-7-16(4)13-22)20-11-17-14-21(9-10-23-17)12-15(2)3/h15-17H,5-14H2,1-4H3,(H,19,20). The van der Waals surface area contributed by atoms with Crippen LogP contribution in [0.5, 0.6) is 0 Å². The van der Waals surface area contributed by atoms with E-state index in [9.17, 15) is 0 Å². The summed E-state index contributed by atoms with van der Waals surface area (Å²) in [6.45, 7) is 17.0. The second kappa shape index (κ2) is 9.48. The number of nitrogens with zero attached hydrogens (tertiary/aromatic N) is 3. The fourth-order valence-electron chi connectivity index (χ4n) is 3.57.